The molecule has 0 aliphatic carbocycles. The number of nitrogens with zero attached hydrogens (tertiary/aromatic N) is 2. The van der Waals surface area contributed by atoms with E-state index in [0.717, 1.165) is 22.2 Å². The Bertz CT molecular complexity index is 815. The Morgan fingerprint density at radius 1 is 1.04 bits per heavy atom. The van der Waals surface area contributed by atoms with Gasteiger partial charge < -0.3 is 5.32 Å². The van der Waals surface area contributed by atoms with Gasteiger partial charge in [-0.05, 0) is 25.1 Å². The predicted molar refractivity (Wildman–Crippen MR) is 83.3 cm³/mol. The molecule has 2 aromatic rings. The van der Waals surface area contributed by atoms with Gasteiger partial charge in [0, 0.05) is 17.8 Å². The third-order valence-electron chi connectivity index (χ3n) is 3.66. The van der Waals surface area contributed by atoms with Crippen molar-refractivity contribution in [3.05, 3.63) is 69.3 Å². The number of imide groups is 1. The number of hydrogen-bond acceptors (Lipinski definition) is 5. The molecule has 2 amide bonds. The van der Waals surface area contributed by atoms with Crippen LogP contribution >= 0.6 is 0 Å². The highest BCUT2D eigenvalue weighted by Crippen LogP contribution is 2.26. The summed E-state index contributed by atoms with van der Waals surface area (Å²) in [6.07, 6.45) is 0. The molecule has 1 heterocycles. The topological polar surface area (TPSA) is 92.6 Å². The first kappa shape index (κ1) is 14.7. The van der Waals surface area contributed by atoms with Crippen molar-refractivity contribution in [3.63, 3.8) is 0 Å². The summed E-state index contributed by atoms with van der Waals surface area (Å²) < 4.78 is 0. The monoisotopic (exact) mass is 311 g/mol. The quantitative estimate of drug-likeness (QED) is 0.532. The third kappa shape index (κ3) is 2.64. The minimum absolute atomic E-state index is 0.00318. The van der Waals surface area contributed by atoms with Crippen molar-refractivity contribution in [2.24, 2.45) is 0 Å². The Morgan fingerprint density at radius 2 is 1.70 bits per heavy atom. The zero-order valence-electron chi connectivity index (χ0n) is 12.3. The van der Waals surface area contributed by atoms with Crippen LogP contribution in [0.15, 0.2) is 42.5 Å². The molecule has 0 saturated heterocycles. The minimum Gasteiger partial charge on any atom is -0.367 e. The molecular weight excluding hydrogens is 298 g/mol. The fourth-order valence-electron chi connectivity index (χ4n) is 2.38. The van der Waals surface area contributed by atoms with Crippen molar-refractivity contribution in [3.8, 4) is 0 Å². The minimum atomic E-state index is -0.592. The van der Waals surface area contributed by atoms with Gasteiger partial charge in [0.15, 0.2) is 0 Å². The van der Waals surface area contributed by atoms with Crippen LogP contribution in [0.2, 0.25) is 0 Å². The molecule has 2 aromatic carbocycles. The Labute approximate surface area is 131 Å². The van der Waals surface area contributed by atoms with Crippen molar-refractivity contribution >= 4 is 23.2 Å². The van der Waals surface area contributed by atoms with Crippen molar-refractivity contribution in [2.45, 2.75) is 6.92 Å². The van der Waals surface area contributed by atoms with E-state index >= 15 is 0 Å². The number of amides is 2. The van der Waals surface area contributed by atoms with Crippen LogP contribution in [0.5, 0.6) is 0 Å². The summed E-state index contributed by atoms with van der Waals surface area (Å²) >= 11 is 0. The molecule has 0 spiro atoms. The first-order valence-electron chi connectivity index (χ1n) is 6.92. The summed E-state index contributed by atoms with van der Waals surface area (Å²) in [7, 11) is 0. The molecule has 1 aliphatic rings. The number of benzene rings is 2. The van der Waals surface area contributed by atoms with Gasteiger partial charge in [0.2, 0.25) is 0 Å². The number of carbonyl (C=O) groups excluding carboxylic acids is 2. The first-order valence-corrected chi connectivity index (χ1v) is 6.92. The van der Waals surface area contributed by atoms with Crippen LogP contribution in [0.3, 0.4) is 0 Å². The Kier molecular flexibility index (Phi) is 3.53. The molecular formula is C16H13N3O4. The lowest BCUT2D eigenvalue weighted by molar-refractivity contribution is -0.384. The van der Waals surface area contributed by atoms with Crippen LogP contribution in [-0.4, -0.2) is 28.3 Å². The van der Waals surface area contributed by atoms with E-state index in [1.165, 1.54) is 12.1 Å². The van der Waals surface area contributed by atoms with E-state index in [9.17, 15) is 19.7 Å². The number of non-ortho nitro benzene ring substituents is 1. The van der Waals surface area contributed by atoms with Crippen LogP contribution in [0.4, 0.5) is 11.4 Å². The number of hydrogen-bond donors (Lipinski definition) is 1. The van der Waals surface area contributed by atoms with Crippen LogP contribution in [0, 0.1) is 17.0 Å². The molecule has 23 heavy (non-hydrogen) atoms. The maximum Gasteiger partial charge on any atom is 0.270 e. The summed E-state index contributed by atoms with van der Waals surface area (Å²) in [5.41, 5.74) is 1.92. The van der Waals surface area contributed by atoms with Gasteiger partial charge in [0.25, 0.3) is 17.5 Å². The number of aryl methyl sites for hydroxylation is 1. The van der Waals surface area contributed by atoms with Crippen molar-refractivity contribution in [2.75, 3.05) is 12.0 Å². The van der Waals surface area contributed by atoms with E-state index in [0.29, 0.717) is 0 Å². The zero-order valence-corrected chi connectivity index (χ0v) is 12.3. The fraction of sp³-hybridized carbons (Fsp3) is 0.125. The number of fused-ring (bicyclic) bond motifs is 1. The molecule has 1 N–H and O–H groups in total. The van der Waals surface area contributed by atoms with Gasteiger partial charge in [-0.3, -0.25) is 24.6 Å². The normalized spacial score (nSPS) is 13.2. The number of nitro groups is 1. The Hall–Kier alpha value is -3.22. The van der Waals surface area contributed by atoms with Crippen molar-refractivity contribution in [1.82, 2.24) is 4.90 Å². The molecule has 0 aromatic heterocycles. The fourth-order valence-corrected chi connectivity index (χ4v) is 2.38. The van der Waals surface area contributed by atoms with Crippen LogP contribution in [0.25, 0.3) is 0 Å². The van der Waals surface area contributed by atoms with Crippen LogP contribution in [0.1, 0.15) is 26.3 Å². The highest BCUT2D eigenvalue weighted by atomic mass is 16.6. The SMILES string of the molecule is Cc1ccc(NCN2C(=O)c3ccc([N+](=O)[O-])cc3C2=O)cc1. The molecule has 0 fully saturated rings. The number of rotatable bonds is 4. The molecule has 116 valence electrons. The molecule has 0 bridgehead atoms. The molecule has 0 radical (unpaired) electrons. The summed E-state index contributed by atoms with van der Waals surface area (Å²) in [4.78, 5) is 35.8. The predicted octanol–water partition coefficient (Wildman–Crippen LogP) is 2.57. The van der Waals surface area contributed by atoms with E-state index in [4.69, 9.17) is 0 Å². The van der Waals surface area contributed by atoms with Gasteiger partial charge in [-0.25, -0.2) is 0 Å². The standard InChI is InChI=1S/C16H13N3O4/c1-10-2-4-11(5-3-10)17-9-18-15(20)13-7-6-12(19(22)23)8-14(13)16(18)21/h2-8,17H,9H2,1H3. The van der Waals surface area contributed by atoms with E-state index in [-0.39, 0.29) is 23.5 Å². The van der Waals surface area contributed by atoms with Gasteiger partial charge in [-0.15, -0.1) is 0 Å². The lowest BCUT2D eigenvalue weighted by Crippen LogP contribution is -2.34. The average molecular weight is 311 g/mol. The smallest absolute Gasteiger partial charge is 0.270 e. The van der Waals surface area contributed by atoms with Gasteiger partial charge >= 0.3 is 0 Å². The number of anilines is 1. The Balaban J connectivity index is 1.79. The lowest BCUT2D eigenvalue weighted by atomic mass is 10.1. The maximum absolute atomic E-state index is 12.3. The van der Waals surface area contributed by atoms with E-state index in [1.54, 1.807) is 0 Å². The zero-order chi connectivity index (χ0) is 16.6. The van der Waals surface area contributed by atoms with Gasteiger partial charge in [-0.1, -0.05) is 17.7 Å². The molecule has 7 heteroatoms. The maximum atomic E-state index is 12.3. The second kappa shape index (κ2) is 5.53. The van der Waals surface area contributed by atoms with Crippen LogP contribution in [-0.2, 0) is 0 Å². The van der Waals surface area contributed by atoms with E-state index < -0.39 is 16.7 Å². The number of nitrogens with one attached hydrogen (secondary N) is 1. The average Bonchev–Trinajstić information content (AvgIpc) is 2.78. The van der Waals surface area contributed by atoms with Crippen molar-refractivity contribution < 1.29 is 14.5 Å². The van der Waals surface area contributed by atoms with E-state index in [2.05, 4.69) is 5.32 Å². The van der Waals surface area contributed by atoms with Crippen molar-refractivity contribution in [1.29, 1.82) is 0 Å². The van der Waals surface area contributed by atoms with E-state index in [1.807, 2.05) is 31.2 Å². The van der Waals surface area contributed by atoms with Gasteiger partial charge in [0.05, 0.1) is 22.7 Å². The molecule has 0 unspecified atom stereocenters. The second-order valence-electron chi connectivity index (χ2n) is 5.23. The first-order chi connectivity index (χ1) is 11.0. The molecule has 3 rings (SSSR count). The highest BCUT2D eigenvalue weighted by Gasteiger charge is 2.36. The lowest BCUT2D eigenvalue weighted by Gasteiger charge is -2.15. The Morgan fingerprint density at radius 3 is 2.35 bits per heavy atom. The summed E-state index contributed by atoms with van der Waals surface area (Å²) in [6.45, 7) is 1.96. The van der Waals surface area contributed by atoms with Gasteiger partial charge in [-0.2, -0.15) is 0 Å². The number of nitro benzene ring substituents is 1. The van der Waals surface area contributed by atoms with Crippen LogP contribution < -0.4 is 5.32 Å². The molecule has 7 nitrogen and oxygen atoms in total. The summed E-state index contributed by atoms with van der Waals surface area (Å²) in [5.74, 6) is -0.993. The largest absolute Gasteiger partial charge is 0.367 e. The third-order valence-corrected chi connectivity index (χ3v) is 3.66. The second-order valence-corrected chi connectivity index (χ2v) is 5.23. The molecule has 0 atom stereocenters. The van der Waals surface area contributed by atoms with Gasteiger partial charge in [0.1, 0.15) is 0 Å². The summed E-state index contributed by atoms with van der Waals surface area (Å²) in [5, 5.41) is 13.8. The highest BCUT2D eigenvalue weighted by molar-refractivity contribution is 6.21. The molecule has 1 aliphatic heterocycles. The molecule has 0 saturated carbocycles. The summed E-state index contributed by atoms with van der Waals surface area (Å²) in [6, 6.07) is 11.2. The number of carbonyl (C=O) groups is 2.